The number of hydrogen-bond donors (Lipinski definition) is 0. The van der Waals surface area contributed by atoms with E-state index in [1.165, 1.54) is 6.92 Å². The molecule has 1 spiro atoms. The number of rotatable bonds is 2. The van der Waals surface area contributed by atoms with Crippen LogP contribution < -0.4 is 9.47 Å². The minimum atomic E-state index is -0.555. The summed E-state index contributed by atoms with van der Waals surface area (Å²) in [5.41, 5.74) is 2.61. The molecule has 2 aromatic carbocycles. The lowest BCUT2D eigenvalue weighted by molar-refractivity contribution is -0.131. The number of piperidine rings is 1. The molecule has 0 atom stereocenters. The van der Waals surface area contributed by atoms with Crippen molar-refractivity contribution in [3.05, 3.63) is 58.7 Å². The van der Waals surface area contributed by atoms with Crippen LogP contribution in [0.2, 0.25) is 0 Å². The smallest absolute Gasteiger partial charge is 0.308 e. The molecule has 2 heterocycles. The van der Waals surface area contributed by atoms with Crippen molar-refractivity contribution in [1.82, 2.24) is 4.90 Å². The molecule has 6 nitrogen and oxygen atoms in total. The van der Waals surface area contributed by atoms with E-state index in [2.05, 4.69) is 0 Å². The number of carbonyl (C=O) groups excluding carboxylic acids is 3. The van der Waals surface area contributed by atoms with Gasteiger partial charge >= 0.3 is 5.97 Å². The van der Waals surface area contributed by atoms with Crippen molar-refractivity contribution in [2.24, 2.45) is 0 Å². The maximum atomic E-state index is 12.9. The monoisotopic (exact) mass is 407 g/mol. The molecule has 6 heteroatoms. The second kappa shape index (κ2) is 7.59. The molecule has 0 saturated carbocycles. The van der Waals surface area contributed by atoms with E-state index in [0.29, 0.717) is 55.0 Å². The van der Waals surface area contributed by atoms with Crippen LogP contribution in [0.3, 0.4) is 0 Å². The number of esters is 1. The van der Waals surface area contributed by atoms with E-state index in [1.807, 2.05) is 26.0 Å². The highest BCUT2D eigenvalue weighted by Gasteiger charge is 2.44. The first-order chi connectivity index (χ1) is 14.3. The molecule has 0 unspecified atom stereocenters. The summed E-state index contributed by atoms with van der Waals surface area (Å²) in [7, 11) is 0. The van der Waals surface area contributed by atoms with Gasteiger partial charge in [0.15, 0.2) is 5.78 Å². The molecular weight excluding hydrogens is 382 g/mol. The number of ether oxygens (including phenoxy) is 2. The number of fused-ring (bicyclic) bond motifs is 1. The van der Waals surface area contributed by atoms with Gasteiger partial charge in [0.1, 0.15) is 17.1 Å². The third kappa shape index (κ3) is 3.82. The Balaban J connectivity index is 1.48. The number of Topliss-reactive ketones (excluding diaryl/α,β-unsaturated/α-hetero) is 1. The van der Waals surface area contributed by atoms with Crippen LogP contribution in [0.4, 0.5) is 0 Å². The molecule has 2 aromatic rings. The Bertz CT molecular complexity index is 1030. The van der Waals surface area contributed by atoms with Crippen LogP contribution in [0, 0.1) is 13.8 Å². The number of carbonyl (C=O) groups is 3. The number of aryl methyl sites for hydroxylation is 2. The van der Waals surface area contributed by atoms with Crippen LogP contribution in [0.15, 0.2) is 36.4 Å². The van der Waals surface area contributed by atoms with Gasteiger partial charge in [-0.15, -0.1) is 0 Å². The fraction of sp³-hybridized carbons (Fsp3) is 0.375. The van der Waals surface area contributed by atoms with Crippen molar-refractivity contribution >= 4 is 17.7 Å². The normalized spacial score (nSPS) is 17.3. The zero-order chi connectivity index (χ0) is 21.5. The summed E-state index contributed by atoms with van der Waals surface area (Å²) in [5.74, 6) is 0.602. The number of benzene rings is 2. The largest absolute Gasteiger partial charge is 0.486 e. The summed E-state index contributed by atoms with van der Waals surface area (Å²) in [5, 5.41) is 0. The van der Waals surface area contributed by atoms with Crippen molar-refractivity contribution < 1.29 is 23.9 Å². The summed E-state index contributed by atoms with van der Waals surface area (Å²) in [6, 6.07) is 10.6. The first-order valence-corrected chi connectivity index (χ1v) is 10.2. The zero-order valence-corrected chi connectivity index (χ0v) is 17.5. The lowest BCUT2D eigenvalue weighted by Crippen LogP contribution is -2.52. The van der Waals surface area contributed by atoms with Crippen molar-refractivity contribution in [2.45, 2.75) is 45.6 Å². The summed E-state index contributed by atoms with van der Waals surface area (Å²) in [6.45, 7) is 6.28. The molecule has 30 heavy (non-hydrogen) atoms. The van der Waals surface area contributed by atoms with Crippen LogP contribution in [-0.4, -0.2) is 41.3 Å². The van der Waals surface area contributed by atoms with E-state index < -0.39 is 11.6 Å². The SMILES string of the molecule is CC(=O)Oc1cccc(C(=O)N2CCC3(CC2)CC(=O)c2cc(C)cc(C)c2O3)c1. The molecule has 1 saturated heterocycles. The molecule has 156 valence electrons. The molecule has 1 fully saturated rings. The molecule has 2 aliphatic rings. The van der Waals surface area contributed by atoms with Crippen LogP contribution >= 0.6 is 0 Å². The molecule has 0 aliphatic carbocycles. The van der Waals surface area contributed by atoms with E-state index >= 15 is 0 Å². The Morgan fingerprint density at radius 1 is 1.10 bits per heavy atom. The van der Waals surface area contributed by atoms with Crippen LogP contribution in [0.5, 0.6) is 11.5 Å². The van der Waals surface area contributed by atoms with Crippen molar-refractivity contribution in [3.8, 4) is 11.5 Å². The number of amides is 1. The molecule has 1 amide bonds. The van der Waals surface area contributed by atoms with Gasteiger partial charge in [-0.25, -0.2) is 0 Å². The van der Waals surface area contributed by atoms with Crippen molar-refractivity contribution in [2.75, 3.05) is 13.1 Å². The standard InChI is InChI=1S/C24H25NO5/c1-15-11-16(2)22-20(12-15)21(27)14-24(30-22)7-9-25(10-8-24)23(28)18-5-4-6-19(13-18)29-17(3)26/h4-6,11-13H,7-10,14H2,1-3H3. The molecule has 0 aromatic heterocycles. The molecule has 0 radical (unpaired) electrons. The average molecular weight is 407 g/mol. The van der Waals surface area contributed by atoms with E-state index in [4.69, 9.17) is 9.47 Å². The summed E-state index contributed by atoms with van der Waals surface area (Å²) in [6.07, 6.45) is 1.54. The number of hydrogen-bond acceptors (Lipinski definition) is 5. The minimum Gasteiger partial charge on any atom is -0.486 e. The number of nitrogens with zero attached hydrogens (tertiary/aromatic N) is 1. The Labute approximate surface area is 175 Å². The Morgan fingerprint density at radius 2 is 1.83 bits per heavy atom. The first kappa shape index (κ1) is 20.1. The second-order valence-corrected chi connectivity index (χ2v) is 8.26. The van der Waals surface area contributed by atoms with Gasteiger partial charge in [0.05, 0.1) is 12.0 Å². The quantitative estimate of drug-likeness (QED) is 0.558. The van der Waals surface area contributed by atoms with Crippen LogP contribution in [0.1, 0.15) is 58.0 Å². The van der Waals surface area contributed by atoms with Gasteiger partial charge in [-0.3, -0.25) is 14.4 Å². The Hall–Kier alpha value is -3.15. The van der Waals surface area contributed by atoms with Gasteiger partial charge in [0.2, 0.25) is 0 Å². The highest BCUT2D eigenvalue weighted by Crippen LogP contribution is 2.41. The predicted octanol–water partition coefficient (Wildman–Crippen LogP) is 3.87. The van der Waals surface area contributed by atoms with Gasteiger partial charge in [0.25, 0.3) is 5.91 Å². The van der Waals surface area contributed by atoms with Gasteiger partial charge in [0, 0.05) is 38.4 Å². The maximum Gasteiger partial charge on any atom is 0.308 e. The molecule has 4 rings (SSSR count). The molecule has 0 bridgehead atoms. The lowest BCUT2D eigenvalue weighted by Gasteiger charge is -2.44. The first-order valence-electron chi connectivity index (χ1n) is 10.2. The van der Waals surface area contributed by atoms with E-state index in [9.17, 15) is 14.4 Å². The van der Waals surface area contributed by atoms with Gasteiger partial charge in [-0.1, -0.05) is 12.1 Å². The van der Waals surface area contributed by atoms with Gasteiger partial charge in [-0.2, -0.15) is 0 Å². The van der Waals surface area contributed by atoms with Crippen molar-refractivity contribution in [1.29, 1.82) is 0 Å². The van der Waals surface area contributed by atoms with E-state index in [1.54, 1.807) is 29.2 Å². The Morgan fingerprint density at radius 3 is 2.53 bits per heavy atom. The maximum absolute atomic E-state index is 12.9. The van der Waals surface area contributed by atoms with Crippen molar-refractivity contribution in [3.63, 3.8) is 0 Å². The number of likely N-dealkylation sites (tertiary alicyclic amines) is 1. The second-order valence-electron chi connectivity index (χ2n) is 8.26. The summed E-state index contributed by atoms with van der Waals surface area (Å²) >= 11 is 0. The average Bonchev–Trinajstić information content (AvgIpc) is 2.69. The molecule has 2 aliphatic heterocycles. The summed E-state index contributed by atoms with van der Waals surface area (Å²) in [4.78, 5) is 38.7. The molecular formula is C24H25NO5. The third-order valence-corrected chi connectivity index (χ3v) is 5.83. The third-order valence-electron chi connectivity index (χ3n) is 5.83. The fourth-order valence-corrected chi connectivity index (χ4v) is 4.37. The highest BCUT2D eigenvalue weighted by molar-refractivity contribution is 6.01. The zero-order valence-electron chi connectivity index (χ0n) is 17.5. The van der Waals surface area contributed by atoms with Crippen LogP contribution in [-0.2, 0) is 4.79 Å². The summed E-state index contributed by atoms with van der Waals surface area (Å²) < 4.78 is 11.5. The Kier molecular flexibility index (Phi) is 5.10. The van der Waals surface area contributed by atoms with Gasteiger partial charge < -0.3 is 14.4 Å². The van der Waals surface area contributed by atoms with Gasteiger partial charge in [-0.05, 0) is 49.2 Å². The number of ketones is 1. The van der Waals surface area contributed by atoms with E-state index in [0.717, 1.165) is 11.1 Å². The predicted molar refractivity (Wildman–Crippen MR) is 111 cm³/mol. The molecule has 0 N–H and O–H groups in total. The highest BCUT2D eigenvalue weighted by atomic mass is 16.5. The minimum absolute atomic E-state index is 0.108. The van der Waals surface area contributed by atoms with Crippen LogP contribution in [0.25, 0.3) is 0 Å². The fourth-order valence-electron chi connectivity index (χ4n) is 4.37. The lowest BCUT2D eigenvalue weighted by atomic mass is 9.81. The van der Waals surface area contributed by atoms with E-state index in [-0.39, 0.29) is 11.7 Å². The topological polar surface area (TPSA) is 72.9 Å².